The molecule has 2 aromatic carbocycles. The van der Waals surface area contributed by atoms with E-state index < -0.39 is 0 Å². The second kappa shape index (κ2) is 9.83. The Labute approximate surface area is 160 Å². The van der Waals surface area contributed by atoms with E-state index in [0.717, 1.165) is 30.0 Å². The summed E-state index contributed by atoms with van der Waals surface area (Å²) in [6, 6.07) is 16.0. The molecule has 1 unspecified atom stereocenters. The van der Waals surface area contributed by atoms with Gasteiger partial charge in [0.05, 0.1) is 13.2 Å². The molecule has 27 heavy (non-hydrogen) atoms. The van der Waals surface area contributed by atoms with Crippen molar-refractivity contribution in [3.05, 3.63) is 54.1 Å². The minimum atomic E-state index is 0.108. The fourth-order valence-corrected chi connectivity index (χ4v) is 2.95. The molecule has 2 N–H and O–H groups in total. The molecule has 1 aliphatic rings. The predicted molar refractivity (Wildman–Crippen MR) is 108 cm³/mol. The summed E-state index contributed by atoms with van der Waals surface area (Å²) in [5.41, 5.74) is 2.17. The van der Waals surface area contributed by atoms with Crippen LogP contribution in [0.1, 0.15) is 12.0 Å². The van der Waals surface area contributed by atoms with Crippen molar-refractivity contribution in [3.63, 3.8) is 0 Å². The summed E-state index contributed by atoms with van der Waals surface area (Å²) in [6.45, 7) is 2.01. The lowest BCUT2D eigenvalue weighted by atomic mass is 10.1. The zero-order chi connectivity index (χ0) is 18.9. The molecule has 1 heterocycles. The molecule has 2 aromatic rings. The Morgan fingerprint density at radius 1 is 1.19 bits per heavy atom. The van der Waals surface area contributed by atoms with E-state index in [1.54, 1.807) is 14.2 Å². The van der Waals surface area contributed by atoms with Crippen molar-refractivity contribution in [1.82, 2.24) is 5.32 Å². The van der Waals surface area contributed by atoms with Gasteiger partial charge in [-0.15, -0.1) is 0 Å². The molecule has 144 valence electrons. The summed E-state index contributed by atoms with van der Waals surface area (Å²) in [5, 5.41) is 6.63. The van der Waals surface area contributed by atoms with Gasteiger partial charge >= 0.3 is 0 Å². The topological polar surface area (TPSA) is 64.1 Å². The van der Waals surface area contributed by atoms with Crippen LogP contribution in [-0.2, 0) is 11.2 Å². The van der Waals surface area contributed by atoms with Crippen molar-refractivity contribution < 1.29 is 14.2 Å². The minimum Gasteiger partial charge on any atom is -0.493 e. The number of nitrogens with one attached hydrogen (secondary N) is 2. The molecule has 1 aliphatic heterocycles. The van der Waals surface area contributed by atoms with Gasteiger partial charge in [-0.1, -0.05) is 24.3 Å². The molecule has 0 radical (unpaired) electrons. The Morgan fingerprint density at radius 3 is 2.89 bits per heavy atom. The van der Waals surface area contributed by atoms with Crippen LogP contribution in [0, 0.1) is 0 Å². The third-order valence-corrected chi connectivity index (χ3v) is 4.29. The van der Waals surface area contributed by atoms with E-state index >= 15 is 0 Å². The van der Waals surface area contributed by atoms with E-state index in [4.69, 9.17) is 14.2 Å². The summed E-state index contributed by atoms with van der Waals surface area (Å²) in [6.07, 6.45) is 1.88. The van der Waals surface area contributed by atoms with Gasteiger partial charge < -0.3 is 24.8 Å². The lowest BCUT2D eigenvalue weighted by Crippen LogP contribution is -2.38. The van der Waals surface area contributed by atoms with Crippen molar-refractivity contribution in [2.24, 2.45) is 4.99 Å². The smallest absolute Gasteiger partial charge is 0.195 e. The lowest BCUT2D eigenvalue weighted by Gasteiger charge is -2.16. The van der Waals surface area contributed by atoms with E-state index in [0.29, 0.717) is 25.7 Å². The van der Waals surface area contributed by atoms with Crippen LogP contribution in [0.2, 0.25) is 0 Å². The van der Waals surface area contributed by atoms with Gasteiger partial charge in [0.1, 0.15) is 17.6 Å². The number of rotatable bonds is 8. The quantitative estimate of drug-likeness (QED) is 0.425. The monoisotopic (exact) mass is 369 g/mol. The number of hydrogen-bond donors (Lipinski definition) is 2. The van der Waals surface area contributed by atoms with E-state index in [2.05, 4.69) is 21.7 Å². The van der Waals surface area contributed by atoms with Crippen LogP contribution >= 0.6 is 0 Å². The fraction of sp³-hybridized carbons (Fsp3) is 0.381. The molecule has 0 fully saturated rings. The second-order valence-electron chi connectivity index (χ2n) is 6.35. The first-order chi connectivity index (χ1) is 13.3. The van der Waals surface area contributed by atoms with Gasteiger partial charge in [0.15, 0.2) is 5.96 Å². The normalized spacial score (nSPS) is 15.8. The molecule has 0 saturated heterocycles. The molecule has 0 aromatic heterocycles. The zero-order valence-electron chi connectivity index (χ0n) is 15.9. The number of anilines is 1. The Hall–Kier alpha value is -2.73. The first-order valence-electron chi connectivity index (χ1n) is 9.22. The third-order valence-electron chi connectivity index (χ3n) is 4.29. The maximum absolute atomic E-state index is 5.96. The Bertz CT molecular complexity index is 739. The predicted octanol–water partition coefficient (Wildman–Crippen LogP) is 3.09. The average molecular weight is 369 g/mol. The number of methoxy groups -OCH3 is 1. The van der Waals surface area contributed by atoms with Crippen molar-refractivity contribution >= 4 is 11.6 Å². The van der Waals surface area contributed by atoms with Crippen LogP contribution in [0.3, 0.4) is 0 Å². The molecule has 1 atom stereocenters. The molecular weight excluding hydrogens is 342 g/mol. The maximum atomic E-state index is 5.96. The summed E-state index contributed by atoms with van der Waals surface area (Å²) < 4.78 is 16.7. The maximum Gasteiger partial charge on any atom is 0.195 e. The number of ether oxygens (including phenoxy) is 3. The van der Waals surface area contributed by atoms with Gasteiger partial charge in [-0.2, -0.15) is 0 Å². The molecule has 0 saturated carbocycles. The highest BCUT2D eigenvalue weighted by atomic mass is 16.5. The largest absolute Gasteiger partial charge is 0.493 e. The molecular formula is C21H27N3O3. The van der Waals surface area contributed by atoms with Gasteiger partial charge in [-0.3, -0.25) is 4.99 Å². The highest BCUT2D eigenvalue weighted by molar-refractivity contribution is 5.93. The van der Waals surface area contributed by atoms with E-state index in [1.165, 1.54) is 5.56 Å². The van der Waals surface area contributed by atoms with E-state index in [9.17, 15) is 0 Å². The van der Waals surface area contributed by atoms with Crippen LogP contribution in [0.4, 0.5) is 5.69 Å². The van der Waals surface area contributed by atoms with Gasteiger partial charge in [-0.25, -0.2) is 0 Å². The molecule has 0 spiro atoms. The number of benzene rings is 2. The lowest BCUT2D eigenvalue weighted by molar-refractivity contribution is 0.172. The third kappa shape index (κ3) is 5.62. The number of aliphatic imine (C=N–C) groups is 1. The van der Waals surface area contributed by atoms with Gasteiger partial charge in [-0.05, 0) is 23.8 Å². The summed E-state index contributed by atoms with van der Waals surface area (Å²) in [5.74, 6) is 2.50. The molecule has 0 bridgehead atoms. The highest BCUT2D eigenvalue weighted by Crippen LogP contribution is 2.27. The van der Waals surface area contributed by atoms with E-state index in [-0.39, 0.29) is 6.10 Å². The first kappa shape index (κ1) is 19.0. The number of fused-ring (bicyclic) bond motifs is 1. The number of nitrogens with zero attached hydrogens (tertiary/aromatic N) is 1. The van der Waals surface area contributed by atoms with Crippen molar-refractivity contribution in [1.29, 1.82) is 0 Å². The Kier molecular flexibility index (Phi) is 6.93. The van der Waals surface area contributed by atoms with Crippen molar-refractivity contribution in [2.75, 3.05) is 39.2 Å². The average Bonchev–Trinajstić information content (AvgIpc) is 3.12. The van der Waals surface area contributed by atoms with Crippen LogP contribution in [0.25, 0.3) is 0 Å². The van der Waals surface area contributed by atoms with Gasteiger partial charge in [0.2, 0.25) is 0 Å². The first-order valence-corrected chi connectivity index (χ1v) is 9.22. The van der Waals surface area contributed by atoms with Crippen LogP contribution in [0.15, 0.2) is 53.5 Å². The Balaban J connectivity index is 1.48. The molecule has 0 aliphatic carbocycles. The second-order valence-corrected chi connectivity index (χ2v) is 6.35. The SMILES string of the molecule is CN=C(NCC1Cc2ccccc2O1)Nc1cccc(OCCCOC)c1. The van der Waals surface area contributed by atoms with Crippen LogP contribution in [0.5, 0.6) is 11.5 Å². The Morgan fingerprint density at radius 2 is 2.07 bits per heavy atom. The van der Waals surface area contributed by atoms with Gasteiger partial charge in [0.25, 0.3) is 0 Å². The minimum absolute atomic E-state index is 0.108. The molecule has 6 heteroatoms. The molecule has 6 nitrogen and oxygen atoms in total. The summed E-state index contributed by atoms with van der Waals surface area (Å²) in [7, 11) is 3.45. The van der Waals surface area contributed by atoms with Crippen LogP contribution < -0.4 is 20.1 Å². The van der Waals surface area contributed by atoms with Crippen molar-refractivity contribution in [3.8, 4) is 11.5 Å². The zero-order valence-corrected chi connectivity index (χ0v) is 15.9. The van der Waals surface area contributed by atoms with Crippen LogP contribution in [-0.4, -0.2) is 46.0 Å². The van der Waals surface area contributed by atoms with E-state index in [1.807, 2.05) is 42.5 Å². The number of para-hydroxylation sites is 1. The standard InChI is InChI=1S/C21H27N3O3/c1-22-21(23-15-19-13-16-7-3-4-10-20(16)27-19)24-17-8-5-9-18(14-17)26-12-6-11-25-2/h3-5,7-10,14,19H,6,11-13,15H2,1-2H3,(H2,22,23,24). The fourth-order valence-electron chi connectivity index (χ4n) is 2.95. The summed E-state index contributed by atoms with van der Waals surface area (Å²) in [4.78, 5) is 4.29. The molecule has 0 amide bonds. The highest BCUT2D eigenvalue weighted by Gasteiger charge is 2.22. The molecule has 3 rings (SSSR count). The number of hydrogen-bond acceptors (Lipinski definition) is 4. The summed E-state index contributed by atoms with van der Waals surface area (Å²) >= 11 is 0. The van der Waals surface area contributed by atoms with Crippen molar-refractivity contribution in [2.45, 2.75) is 18.9 Å². The van der Waals surface area contributed by atoms with Gasteiger partial charge in [0, 0.05) is 45.4 Å². The number of guanidine groups is 1.